The molecule has 0 spiro atoms. The Bertz CT molecular complexity index is 349. The Hall–Kier alpha value is -1.68. The molecule has 0 bridgehead atoms. The van der Waals surface area contributed by atoms with E-state index in [-0.39, 0.29) is 5.91 Å². The Balaban J connectivity index is 2.19. The molecule has 1 amide bonds. The molecule has 0 atom stereocenters. The molecule has 86 valence electrons. The molecule has 0 radical (unpaired) electrons. The van der Waals surface area contributed by atoms with E-state index < -0.39 is 0 Å². The van der Waals surface area contributed by atoms with Gasteiger partial charge in [0.15, 0.2) is 0 Å². The third-order valence-electron chi connectivity index (χ3n) is 1.82. The third-order valence-corrected chi connectivity index (χ3v) is 1.82. The monoisotopic (exact) mass is 220 g/mol. The molecule has 1 rings (SSSR count). The summed E-state index contributed by atoms with van der Waals surface area (Å²) in [7, 11) is 0. The Morgan fingerprint density at radius 1 is 1.50 bits per heavy atom. The number of amides is 1. The number of aromatic nitrogens is 1. The number of rotatable bonds is 6. The van der Waals surface area contributed by atoms with E-state index in [0.717, 1.165) is 5.57 Å². The van der Waals surface area contributed by atoms with Gasteiger partial charge in [-0.3, -0.25) is 9.78 Å². The highest BCUT2D eigenvalue weighted by Crippen LogP contribution is 1.95. The van der Waals surface area contributed by atoms with Crippen LogP contribution >= 0.6 is 0 Å². The molecule has 0 aliphatic carbocycles. The molecular formula is C12H16N2O2. The molecular weight excluding hydrogens is 204 g/mol. The number of nitrogens with one attached hydrogen (secondary N) is 1. The van der Waals surface area contributed by atoms with Gasteiger partial charge in [-0.1, -0.05) is 12.2 Å². The van der Waals surface area contributed by atoms with Gasteiger partial charge in [-0.25, -0.2) is 0 Å². The van der Waals surface area contributed by atoms with Crippen molar-refractivity contribution in [1.82, 2.24) is 10.3 Å². The van der Waals surface area contributed by atoms with Gasteiger partial charge in [0.2, 0.25) is 0 Å². The minimum absolute atomic E-state index is 0.110. The summed E-state index contributed by atoms with van der Waals surface area (Å²) in [5, 5.41) is 2.75. The van der Waals surface area contributed by atoms with Crippen molar-refractivity contribution in [2.45, 2.75) is 6.92 Å². The first-order valence-electron chi connectivity index (χ1n) is 5.10. The first-order valence-corrected chi connectivity index (χ1v) is 5.10. The van der Waals surface area contributed by atoms with Gasteiger partial charge in [0, 0.05) is 24.5 Å². The maximum atomic E-state index is 11.5. The molecule has 1 heterocycles. The van der Waals surface area contributed by atoms with Crippen molar-refractivity contribution in [3.8, 4) is 0 Å². The van der Waals surface area contributed by atoms with Crippen molar-refractivity contribution in [3.63, 3.8) is 0 Å². The lowest BCUT2D eigenvalue weighted by Gasteiger charge is -2.06. The maximum Gasteiger partial charge on any atom is 0.251 e. The molecule has 0 fully saturated rings. The lowest BCUT2D eigenvalue weighted by Crippen LogP contribution is -2.27. The standard InChI is InChI=1S/C12H16N2O2/c1-10(2)9-16-8-7-14-12(15)11-3-5-13-6-4-11/h3-6H,1,7-9H2,2H3,(H,14,15). The fraction of sp³-hybridized carbons (Fsp3) is 0.333. The Kier molecular flexibility index (Phi) is 5.22. The predicted octanol–water partition coefficient (Wildman–Crippen LogP) is 1.40. The SMILES string of the molecule is C=C(C)COCCNC(=O)c1ccncc1. The van der Waals surface area contributed by atoms with Crippen molar-refractivity contribution in [2.24, 2.45) is 0 Å². The number of hydrogen-bond acceptors (Lipinski definition) is 3. The average Bonchev–Trinajstić information content (AvgIpc) is 2.29. The van der Waals surface area contributed by atoms with Gasteiger partial charge in [0.1, 0.15) is 0 Å². The second kappa shape index (κ2) is 6.74. The number of hydrogen-bond donors (Lipinski definition) is 1. The lowest BCUT2D eigenvalue weighted by atomic mass is 10.2. The first-order chi connectivity index (χ1) is 7.70. The summed E-state index contributed by atoms with van der Waals surface area (Å²) >= 11 is 0. The van der Waals surface area contributed by atoms with Crippen LogP contribution in [0, 0.1) is 0 Å². The second-order valence-electron chi connectivity index (χ2n) is 3.50. The molecule has 1 N–H and O–H groups in total. The zero-order chi connectivity index (χ0) is 11.8. The van der Waals surface area contributed by atoms with Crippen molar-refractivity contribution in [1.29, 1.82) is 0 Å². The van der Waals surface area contributed by atoms with Gasteiger partial charge >= 0.3 is 0 Å². The summed E-state index contributed by atoms with van der Waals surface area (Å²) in [6, 6.07) is 3.34. The largest absolute Gasteiger partial charge is 0.375 e. The van der Waals surface area contributed by atoms with Gasteiger partial charge in [0.25, 0.3) is 5.91 Å². The highest BCUT2D eigenvalue weighted by atomic mass is 16.5. The van der Waals surface area contributed by atoms with Crippen LogP contribution in [0.25, 0.3) is 0 Å². The highest BCUT2D eigenvalue weighted by molar-refractivity contribution is 5.93. The van der Waals surface area contributed by atoms with Gasteiger partial charge < -0.3 is 10.1 Å². The summed E-state index contributed by atoms with van der Waals surface area (Å²) in [5.74, 6) is -0.110. The summed E-state index contributed by atoms with van der Waals surface area (Å²) in [6.07, 6.45) is 3.18. The summed E-state index contributed by atoms with van der Waals surface area (Å²) in [4.78, 5) is 15.4. The van der Waals surface area contributed by atoms with Crippen LogP contribution in [-0.2, 0) is 4.74 Å². The van der Waals surface area contributed by atoms with Crippen molar-refractivity contribution in [3.05, 3.63) is 42.2 Å². The molecule has 1 aromatic rings. The number of ether oxygens (including phenoxy) is 1. The van der Waals surface area contributed by atoms with Crippen LogP contribution in [0.2, 0.25) is 0 Å². The topological polar surface area (TPSA) is 51.2 Å². The van der Waals surface area contributed by atoms with Crippen LogP contribution in [0.5, 0.6) is 0 Å². The molecule has 0 aliphatic heterocycles. The first kappa shape index (κ1) is 12.4. The minimum atomic E-state index is -0.110. The number of carbonyl (C=O) groups is 1. The summed E-state index contributed by atoms with van der Waals surface area (Å²) < 4.78 is 5.25. The summed E-state index contributed by atoms with van der Waals surface area (Å²) in [5.41, 5.74) is 1.58. The zero-order valence-electron chi connectivity index (χ0n) is 9.40. The molecule has 0 saturated heterocycles. The van der Waals surface area contributed by atoms with Crippen LogP contribution in [0.15, 0.2) is 36.7 Å². The number of pyridine rings is 1. The van der Waals surface area contributed by atoms with Gasteiger partial charge in [-0.2, -0.15) is 0 Å². The maximum absolute atomic E-state index is 11.5. The molecule has 16 heavy (non-hydrogen) atoms. The molecule has 0 aromatic carbocycles. The Labute approximate surface area is 95.3 Å². The van der Waals surface area contributed by atoms with Crippen molar-refractivity contribution < 1.29 is 9.53 Å². The van der Waals surface area contributed by atoms with Gasteiger partial charge in [-0.15, -0.1) is 0 Å². The van der Waals surface area contributed by atoms with Crippen LogP contribution < -0.4 is 5.32 Å². The number of carbonyl (C=O) groups excluding carboxylic acids is 1. The highest BCUT2D eigenvalue weighted by Gasteiger charge is 2.02. The van der Waals surface area contributed by atoms with Crippen molar-refractivity contribution in [2.75, 3.05) is 19.8 Å². The number of nitrogens with zero attached hydrogens (tertiary/aromatic N) is 1. The van der Waals surface area contributed by atoms with E-state index in [0.29, 0.717) is 25.3 Å². The molecule has 0 aliphatic rings. The van der Waals surface area contributed by atoms with Crippen LogP contribution in [0.4, 0.5) is 0 Å². The minimum Gasteiger partial charge on any atom is -0.375 e. The van der Waals surface area contributed by atoms with Gasteiger partial charge in [-0.05, 0) is 19.1 Å². The van der Waals surface area contributed by atoms with Crippen LogP contribution in [0.3, 0.4) is 0 Å². The normalized spacial score (nSPS) is 9.81. The fourth-order valence-corrected chi connectivity index (χ4v) is 1.09. The quantitative estimate of drug-likeness (QED) is 0.582. The molecule has 4 nitrogen and oxygen atoms in total. The lowest BCUT2D eigenvalue weighted by molar-refractivity contribution is 0.0926. The molecule has 0 unspecified atom stereocenters. The summed E-state index contributed by atoms with van der Waals surface area (Å²) in [6.45, 7) is 7.13. The Morgan fingerprint density at radius 2 is 2.19 bits per heavy atom. The average molecular weight is 220 g/mol. The zero-order valence-corrected chi connectivity index (χ0v) is 9.40. The Morgan fingerprint density at radius 3 is 2.81 bits per heavy atom. The van der Waals surface area contributed by atoms with E-state index in [2.05, 4.69) is 16.9 Å². The predicted molar refractivity (Wildman–Crippen MR) is 62.2 cm³/mol. The van der Waals surface area contributed by atoms with E-state index in [9.17, 15) is 4.79 Å². The van der Waals surface area contributed by atoms with Crippen LogP contribution in [0.1, 0.15) is 17.3 Å². The van der Waals surface area contributed by atoms with E-state index in [1.54, 1.807) is 24.5 Å². The molecule has 0 saturated carbocycles. The van der Waals surface area contributed by atoms with Crippen LogP contribution in [-0.4, -0.2) is 30.6 Å². The fourth-order valence-electron chi connectivity index (χ4n) is 1.09. The molecule has 1 aromatic heterocycles. The van der Waals surface area contributed by atoms with Gasteiger partial charge in [0.05, 0.1) is 13.2 Å². The molecule has 4 heteroatoms. The second-order valence-corrected chi connectivity index (χ2v) is 3.50. The van der Waals surface area contributed by atoms with E-state index in [1.807, 2.05) is 6.92 Å². The van der Waals surface area contributed by atoms with E-state index in [1.165, 1.54) is 0 Å². The van der Waals surface area contributed by atoms with E-state index in [4.69, 9.17) is 4.74 Å². The third kappa shape index (κ3) is 4.70. The van der Waals surface area contributed by atoms with E-state index >= 15 is 0 Å². The van der Waals surface area contributed by atoms with Crippen molar-refractivity contribution >= 4 is 5.91 Å². The smallest absolute Gasteiger partial charge is 0.251 e.